The molecule has 0 saturated heterocycles. The van der Waals surface area contributed by atoms with Crippen molar-refractivity contribution in [2.24, 2.45) is 12.5 Å². The highest BCUT2D eigenvalue weighted by Gasteiger charge is 2.44. The molecule has 3 rings (SSSR count). The van der Waals surface area contributed by atoms with Crippen LogP contribution >= 0.6 is 0 Å². The molecule has 5 nitrogen and oxygen atoms in total. The fourth-order valence-corrected chi connectivity index (χ4v) is 3.26. The molecule has 1 aliphatic rings. The maximum Gasteiger partial charge on any atom is 0.311 e. The first kappa shape index (κ1) is 14.6. The van der Waals surface area contributed by atoms with Crippen LogP contribution in [0.5, 0.6) is 0 Å². The van der Waals surface area contributed by atoms with E-state index in [0.29, 0.717) is 5.56 Å². The van der Waals surface area contributed by atoms with Gasteiger partial charge in [-0.1, -0.05) is 6.42 Å². The van der Waals surface area contributed by atoms with Crippen molar-refractivity contribution >= 4 is 17.0 Å². The van der Waals surface area contributed by atoms with Crippen LogP contribution in [0.25, 0.3) is 11.0 Å². The minimum atomic E-state index is -0.315. The Bertz CT molecular complexity index is 766. The molecule has 114 valence electrons. The number of carbonyl (C=O) groups excluding carboxylic acids is 1. The molecule has 5 heteroatoms. The van der Waals surface area contributed by atoms with Crippen LogP contribution in [0.4, 0.5) is 0 Å². The van der Waals surface area contributed by atoms with Gasteiger partial charge in [-0.15, -0.1) is 0 Å². The number of hydrogen-bond donors (Lipinski definition) is 0. The Hall–Kier alpha value is -2.35. The minimum absolute atomic E-state index is 0.0933. The number of ether oxygens (including phenoxy) is 1. The summed E-state index contributed by atoms with van der Waals surface area (Å²) in [6.07, 6.45) is 4.40. The number of imidazole rings is 1. The zero-order valence-corrected chi connectivity index (χ0v) is 12.9. The summed E-state index contributed by atoms with van der Waals surface area (Å²) in [5.74, 6) is 0.851. The van der Waals surface area contributed by atoms with Crippen LogP contribution in [-0.2, 0) is 23.0 Å². The lowest BCUT2D eigenvalue weighted by molar-refractivity contribution is -0.159. The van der Waals surface area contributed by atoms with Crippen LogP contribution in [0.2, 0.25) is 0 Å². The quantitative estimate of drug-likeness (QED) is 0.814. The fraction of sp³-hybridized carbons (Fsp3) is 0.471. The van der Waals surface area contributed by atoms with Gasteiger partial charge in [0.2, 0.25) is 0 Å². The highest BCUT2D eigenvalue weighted by atomic mass is 16.5. The molecule has 0 amide bonds. The highest BCUT2D eigenvalue weighted by molar-refractivity contribution is 5.78. The summed E-state index contributed by atoms with van der Waals surface area (Å²) in [6, 6.07) is 7.65. The Morgan fingerprint density at radius 2 is 2.27 bits per heavy atom. The standard InChI is InChI=1S/C17H19N3O2/c1-20-14-10-12(11-18)4-5-13(14)19-15(20)6-9-17(7-3-8-17)16(21)22-2/h4-5,10H,3,6-9H2,1-2H3. The van der Waals surface area contributed by atoms with Crippen LogP contribution in [0.3, 0.4) is 0 Å². The number of carbonyl (C=O) groups is 1. The molecule has 1 saturated carbocycles. The predicted molar refractivity (Wildman–Crippen MR) is 82.1 cm³/mol. The first-order chi connectivity index (χ1) is 10.6. The van der Waals surface area contributed by atoms with Crippen LogP contribution in [0.15, 0.2) is 18.2 Å². The van der Waals surface area contributed by atoms with E-state index in [2.05, 4.69) is 11.1 Å². The molecule has 0 bridgehead atoms. The SMILES string of the molecule is COC(=O)C1(CCc2nc3ccc(C#N)cc3n2C)CCC1. The van der Waals surface area contributed by atoms with Crippen LogP contribution in [-0.4, -0.2) is 22.6 Å². The van der Waals surface area contributed by atoms with Crippen molar-refractivity contribution in [3.05, 3.63) is 29.6 Å². The second-order valence-electron chi connectivity index (χ2n) is 6.03. The zero-order chi connectivity index (χ0) is 15.7. The van der Waals surface area contributed by atoms with E-state index in [1.165, 1.54) is 7.11 Å². The van der Waals surface area contributed by atoms with Crippen LogP contribution in [0.1, 0.15) is 37.1 Å². The topological polar surface area (TPSA) is 67.9 Å². The third-order valence-electron chi connectivity index (χ3n) is 4.86. The van der Waals surface area contributed by atoms with Crippen LogP contribution < -0.4 is 0 Å². The molecule has 0 N–H and O–H groups in total. The number of rotatable bonds is 4. The second kappa shape index (κ2) is 5.45. The Morgan fingerprint density at radius 1 is 1.50 bits per heavy atom. The van der Waals surface area contributed by atoms with Gasteiger partial charge in [-0.25, -0.2) is 4.98 Å². The van der Waals surface area contributed by atoms with Gasteiger partial charge in [0.05, 0.1) is 35.2 Å². The summed E-state index contributed by atoms with van der Waals surface area (Å²) in [5.41, 5.74) is 2.16. The van der Waals surface area contributed by atoms with Gasteiger partial charge in [0, 0.05) is 13.5 Å². The van der Waals surface area contributed by atoms with Gasteiger partial charge in [-0.3, -0.25) is 4.79 Å². The normalized spacial score (nSPS) is 16.0. The molecule has 1 aromatic carbocycles. The summed E-state index contributed by atoms with van der Waals surface area (Å²) in [4.78, 5) is 16.6. The van der Waals surface area contributed by atoms with Crippen molar-refractivity contribution in [1.29, 1.82) is 5.26 Å². The fourth-order valence-electron chi connectivity index (χ4n) is 3.26. The Morgan fingerprint density at radius 3 is 2.86 bits per heavy atom. The van der Waals surface area contributed by atoms with Gasteiger partial charge < -0.3 is 9.30 Å². The number of aryl methyl sites for hydroxylation is 2. The van der Waals surface area contributed by atoms with Crippen molar-refractivity contribution in [1.82, 2.24) is 9.55 Å². The van der Waals surface area contributed by atoms with Crippen LogP contribution in [0, 0.1) is 16.7 Å². The summed E-state index contributed by atoms with van der Waals surface area (Å²) < 4.78 is 6.98. The van der Waals surface area contributed by atoms with Gasteiger partial charge in [-0.2, -0.15) is 5.26 Å². The predicted octanol–water partition coefficient (Wildman–Crippen LogP) is 2.72. The van der Waals surface area contributed by atoms with Crippen molar-refractivity contribution in [3.63, 3.8) is 0 Å². The second-order valence-corrected chi connectivity index (χ2v) is 6.03. The third kappa shape index (κ3) is 2.25. The van der Waals surface area contributed by atoms with Crippen molar-refractivity contribution in [3.8, 4) is 6.07 Å². The smallest absolute Gasteiger partial charge is 0.311 e. The van der Waals surface area contributed by atoms with E-state index in [9.17, 15) is 4.79 Å². The molecule has 1 heterocycles. The number of nitrogens with zero attached hydrogens (tertiary/aromatic N) is 3. The highest BCUT2D eigenvalue weighted by Crippen LogP contribution is 2.45. The molecule has 1 aromatic heterocycles. The average molecular weight is 297 g/mol. The molecule has 0 unspecified atom stereocenters. The number of benzene rings is 1. The summed E-state index contributed by atoms with van der Waals surface area (Å²) in [5, 5.41) is 9.00. The van der Waals surface area contributed by atoms with Gasteiger partial charge in [0.25, 0.3) is 0 Å². The molecule has 1 aliphatic carbocycles. The van der Waals surface area contributed by atoms with E-state index in [0.717, 1.165) is 49.0 Å². The zero-order valence-electron chi connectivity index (χ0n) is 12.9. The molecule has 0 radical (unpaired) electrons. The van der Waals surface area contributed by atoms with E-state index < -0.39 is 0 Å². The Labute approximate surface area is 129 Å². The number of esters is 1. The van der Waals surface area contributed by atoms with Gasteiger partial charge in [0.1, 0.15) is 5.82 Å². The molecule has 1 fully saturated rings. The lowest BCUT2D eigenvalue weighted by Crippen LogP contribution is -2.39. The number of nitriles is 1. The van der Waals surface area contributed by atoms with Crippen molar-refractivity contribution in [2.45, 2.75) is 32.1 Å². The van der Waals surface area contributed by atoms with Gasteiger partial charge in [-0.05, 0) is 37.5 Å². The molecule has 2 aromatic rings. The first-order valence-corrected chi connectivity index (χ1v) is 7.53. The van der Waals surface area contributed by atoms with E-state index in [1.807, 2.05) is 23.7 Å². The molecule has 22 heavy (non-hydrogen) atoms. The third-order valence-corrected chi connectivity index (χ3v) is 4.86. The Balaban J connectivity index is 1.84. The molecule has 0 atom stereocenters. The van der Waals surface area contributed by atoms with Gasteiger partial charge >= 0.3 is 5.97 Å². The van der Waals surface area contributed by atoms with Gasteiger partial charge in [0.15, 0.2) is 0 Å². The molecule has 0 spiro atoms. The van der Waals surface area contributed by atoms with Crippen molar-refractivity contribution < 1.29 is 9.53 Å². The van der Waals surface area contributed by atoms with E-state index in [1.54, 1.807) is 6.07 Å². The summed E-state index contributed by atoms with van der Waals surface area (Å²) in [7, 11) is 3.41. The molecular formula is C17H19N3O2. The minimum Gasteiger partial charge on any atom is -0.469 e. The van der Waals surface area contributed by atoms with E-state index >= 15 is 0 Å². The van der Waals surface area contributed by atoms with Crippen molar-refractivity contribution in [2.75, 3.05) is 7.11 Å². The molecular weight excluding hydrogens is 278 g/mol. The average Bonchev–Trinajstić information content (AvgIpc) is 2.81. The first-order valence-electron chi connectivity index (χ1n) is 7.53. The lowest BCUT2D eigenvalue weighted by atomic mass is 9.66. The number of aromatic nitrogens is 2. The maximum atomic E-state index is 12.0. The number of fused-ring (bicyclic) bond motifs is 1. The summed E-state index contributed by atoms with van der Waals surface area (Å²) >= 11 is 0. The Kier molecular flexibility index (Phi) is 3.61. The summed E-state index contributed by atoms with van der Waals surface area (Å²) in [6.45, 7) is 0. The largest absolute Gasteiger partial charge is 0.469 e. The number of methoxy groups -OCH3 is 1. The lowest BCUT2D eigenvalue weighted by Gasteiger charge is -2.38. The maximum absolute atomic E-state index is 12.0. The monoisotopic (exact) mass is 297 g/mol. The van der Waals surface area contributed by atoms with E-state index in [-0.39, 0.29) is 11.4 Å². The van der Waals surface area contributed by atoms with E-state index in [4.69, 9.17) is 10.00 Å². The molecule has 0 aliphatic heterocycles. The number of hydrogen-bond acceptors (Lipinski definition) is 4.